The number of carbonyl (C=O) groups excluding carboxylic acids is 2. The standard InChI is InChI=1S/C23H28ClNO5/c1-11(2)30-22(28)18-12(3)25-15-9-23(4,5)10-16(26)20(15)19(18)13-7-14(24)21(27)17(8-13)29-6/h7-8,11,19,25,27H,9-10H2,1-6H3/t19-/m0/s1. The summed E-state index contributed by atoms with van der Waals surface area (Å²) in [6.45, 7) is 9.46. The summed E-state index contributed by atoms with van der Waals surface area (Å²) in [4.78, 5) is 26.3. The highest BCUT2D eigenvalue weighted by atomic mass is 35.5. The van der Waals surface area contributed by atoms with Gasteiger partial charge in [0.05, 0.1) is 23.8 Å². The van der Waals surface area contributed by atoms with E-state index in [4.69, 9.17) is 21.1 Å². The van der Waals surface area contributed by atoms with Crippen molar-refractivity contribution in [3.8, 4) is 11.5 Å². The average molecular weight is 434 g/mol. The average Bonchev–Trinajstić information content (AvgIpc) is 2.60. The Kier molecular flexibility index (Phi) is 5.92. The van der Waals surface area contributed by atoms with Crippen LogP contribution in [0, 0.1) is 5.41 Å². The third-order valence-corrected chi connectivity index (χ3v) is 5.69. The molecule has 0 saturated carbocycles. The van der Waals surface area contributed by atoms with Crippen molar-refractivity contribution in [3.05, 3.63) is 45.3 Å². The van der Waals surface area contributed by atoms with E-state index >= 15 is 0 Å². The summed E-state index contributed by atoms with van der Waals surface area (Å²) in [5.41, 5.74) is 2.75. The van der Waals surface area contributed by atoms with E-state index in [-0.39, 0.29) is 33.8 Å². The first kappa shape index (κ1) is 22.2. The number of halogens is 1. The molecule has 1 aromatic rings. The first-order valence-corrected chi connectivity index (χ1v) is 10.3. The summed E-state index contributed by atoms with van der Waals surface area (Å²) in [6, 6.07) is 3.19. The van der Waals surface area contributed by atoms with Crippen LogP contribution in [0.25, 0.3) is 0 Å². The maximum Gasteiger partial charge on any atom is 0.337 e. The van der Waals surface area contributed by atoms with Gasteiger partial charge in [-0.15, -0.1) is 0 Å². The largest absolute Gasteiger partial charge is 0.503 e. The van der Waals surface area contributed by atoms with E-state index in [0.29, 0.717) is 35.2 Å². The van der Waals surface area contributed by atoms with Crippen LogP contribution in [0.1, 0.15) is 58.9 Å². The van der Waals surface area contributed by atoms with Crippen LogP contribution in [-0.4, -0.2) is 30.1 Å². The molecule has 0 aromatic heterocycles. The van der Waals surface area contributed by atoms with Gasteiger partial charge in [-0.2, -0.15) is 0 Å². The van der Waals surface area contributed by atoms with E-state index in [9.17, 15) is 14.7 Å². The number of rotatable bonds is 4. The summed E-state index contributed by atoms with van der Waals surface area (Å²) in [5, 5.41) is 13.5. The van der Waals surface area contributed by atoms with Gasteiger partial charge in [-0.3, -0.25) is 4.79 Å². The van der Waals surface area contributed by atoms with E-state index in [2.05, 4.69) is 5.32 Å². The number of allylic oxidation sites excluding steroid dienone is 3. The Morgan fingerprint density at radius 2 is 1.97 bits per heavy atom. The van der Waals surface area contributed by atoms with Crippen LogP contribution >= 0.6 is 11.6 Å². The number of phenols is 1. The molecule has 1 atom stereocenters. The number of nitrogens with one attached hydrogen (secondary N) is 1. The van der Waals surface area contributed by atoms with Crippen LogP contribution < -0.4 is 10.1 Å². The summed E-state index contributed by atoms with van der Waals surface area (Å²) in [6.07, 6.45) is 0.739. The number of phenolic OH excluding ortho intramolecular Hbond substituents is 1. The molecule has 1 heterocycles. The lowest BCUT2D eigenvalue weighted by atomic mass is 9.68. The number of Topliss-reactive ketones (excluding diaryl/α,β-unsaturated/α-hetero) is 1. The van der Waals surface area contributed by atoms with Gasteiger partial charge < -0.3 is 19.9 Å². The van der Waals surface area contributed by atoms with E-state index in [1.165, 1.54) is 7.11 Å². The van der Waals surface area contributed by atoms with Crippen molar-refractivity contribution in [1.29, 1.82) is 0 Å². The second kappa shape index (κ2) is 7.99. The second-order valence-electron chi connectivity index (χ2n) is 8.94. The van der Waals surface area contributed by atoms with Gasteiger partial charge in [-0.05, 0) is 50.3 Å². The van der Waals surface area contributed by atoms with E-state index in [0.717, 1.165) is 5.70 Å². The molecule has 7 heteroatoms. The molecule has 6 nitrogen and oxygen atoms in total. The Bertz CT molecular complexity index is 974. The lowest BCUT2D eigenvalue weighted by Gasteiger charge is -2.39. The number of ketones is 1. The Morgan fingerprint density at radius 3 is 2.57 bits per heavy atom. The maximum atomic E-state index is 13.2. The molecule has 0 radical (unpaired) electrons. The van der Waals surface area contributed by atoms with Gasteiger partial charge in [-0.25, -0.2) is 4.79 Å². The van der Waals surface area contributed by atoms with Crippen LogP contribution in [-0.2, 0) is 14.3 Å². The zero-order valence-electron chi connectivity index (χ0n) is 18.2. The predicted molar refractivity (Wildman–Crippen MR) is 115 cm³/mol. The molecule has 0 bridgehead atoms. The molecule has 0 amide bonds. The van der Waals surface area contributed by atoms with Crippen molar-refractivity contribution < 1.29 is 24.2 Å². The molecule has 0 spiro atoms. The van der Waals surface area contributed by atoms with Crippen molar-refractivity contribution in [2.75, 3.05) is 7.11 Å². The van der Waals surface area contributed by atoms with Gasteiger partial charge in [-0.1, -0.05) is 25.4 Å². The highest BCUT2D eigenvalue weighted by Gasteiger charge is 2.43. The number of ether oxygens (including phenoxy) is 2. The van der Waals surface area contributed by atoms with Crippen molar-refractivity contribution in [1.82, 2.24) is 5.32 Å². The van der Waals surface area contributed by atoms with Crippen LogP contribution in [0.4, 0.5) is 0 Å². The first-order valence-electron chi connectivity index (χ1n) is 9.96. The molecule has 0 unspecified atom stereocenters. The molecule has 0 saturated heterocycles. The molecule has 30 heavy (non-hydrogen) atoms. The van der Waals surface area contributed by atoms with Gasteiger partial charge >= 0.3 is 5.97 Å². The molecule has 1 aliphatic carbocycles. The lowest BCUT2D eigenvalue weighted by molar-refractivity contribution is -0.143. The highest BCUT2D eigenvalue weighted by molar-refractivity contribution is 6.32. The number of methoxy groups -OCH3 is 1. The highest BCUT2D eigenvalue weighted by Crippen LogP contribution is 2.49. The number of carbonyl (C=O) groups is 2. The third kappa shape index (κ3) is 4.06. The van der Waals surface area contributed by atoms with Crippen molar-refractivity contribution in [2.24, 2.45) is 5.41 Å². The fourth-order valence-electron chi connectivity index (χ4n) is 4.23. The van der Waals surface area contributed by atoms with E-state index < -0.39 is 11.9 Å². The van der Waals surface area contributed by atoms with Crippen LogP contribution in [0.2, 0.25) is 5.02 Å². The Morgan fingerprint density at radius 1 is 1.30 bits per heavy atom. The monoisotopic (exact) mass is 433 g/mol. The van der Waals surface area contributed by atoms with Gasteiger partial charge in [0.1, 0.15) is 0 Å². The fraction of sp³-hybridized carbons (Fsp3) is 0.478. The minimum absolute atomic E-state index is 0.0238. The molecule has 0 fully saturated rings. The van der Waals surface area contributed by atoms with Gasteiger partial charge in [0.2, 0.25) is 0 Å². The van der Waals surface area contributed by atoms with Gasteiger partial charge in [0, 0.05) is 29.3 Å². The van der Waals surface area contributed by atoms with Crippen molar-refractivity contribution in [2.45, 2.75) is 59.5 Å². The zero-order valence-corrected chi connectivity index (χ0v) is 18.9. The maximum absolute atomic E-state index is 13.2. The summed E-state index contributed by atoms with van der Waals surface area (Å²) in [5.74, 6) is -1.19. The smallest absolute Gasteiger partial charge is 0.337 e. The Labute approximate surface area is 181 Å². The topological polar surface area (TPSA) is 84.9 Å². The molecule has 1 aliphatic heterocycles. The third-order valence-electron chi connectivity index (χ3n) is 5.41. The minimum Gasteiger partial charge on any atom is -0.503 e. The van der Waals surface area contributed by atoms with Gasteiger partial charge in [0.25, 0.3) is 0 Å². The van der Waals surface area contributed by atoms with Crippen LogP contribution in [0.5, 0.6) is 11.5 Å². The molecule has 3 rings (SSSR count). The van der Waals surface area contributed by atoms with Crippen LogP contribution in [0.3, 0.4) is 0 Å². The summed E-state index contributed by atoms with van der Waals surface area (Å²) >= 11 is 6.24. The number of aromatic hydroxyl groups is 1. The Hall–Kier alpha value is -2.47. The molecule has 1 aromatic carbocycles. The molecular weight excluding hydrogens is 406 g/mol. The second-order valence-corrected chi connectivity index (χ2v) is 9.34. The number of hydrogen-bond donors (Lipinski definition) is 2. The zero-order chi connectivity index (χ0) is 22.4. The first-order chi connectivity index (χ1) is 13.9. The van der Waals surface area contributed by atoms with Crippen LogP contribution in [0.15, 0.2) is 34.7 Å². The lowest BCUT2D eigenvalue weighted by Crippen LogP contribution is -2.39. The minimum atomic E-state index is -0.664. The van der Waals surface area contributed by atoms with Crippen molar-refractivity contribution >= 4 is 23.4 Å². The number of hydrogen-bond acceptors (Lipinski definition) is 6. The van der Waals surface area contributed by atoms with E-state index in [1.54, 1.807) is 32.9 Å². The molecular formula is C23H28ClNO5. The molecule has 2 N–H and O–H groups in total. The van der Waals surface area contributed by atoms with Gasteiger partial charge in [0.15, 0.2) is 17.3 Å². The fourth-order valence-corrected chi connectivity index (χ4v) is 4.45. The molecule has 2 aliphatic rings. The SMILES string of the molecule is COc1cc([C@H]2C(C(=O)OC(C)C)=C(C)NC3=C2C(=O)CC(C)(C)C3)cc(Cl)c1O. The predicted octanol–water partition coefficient (Wildman–Crippen LogP) is 4.61. The number of benzene rings is 1. The number of dihydropyridines is 1. The van der Waals surface area contributed by atoms with Crippen molar-refractivity contribution in [3.63, 3.8) is 0 Å². The Balaban J connectivity index is 2.24. The summed E-state index contributed by atoms with van der Waals surface area (Å²) < 4.78 is 10.8. The summed E-state index contributed by atoms with van der Waals surface area (Å²) in [7, 11) is 1.42. The quantitative estimate of drug-likeness (QED) is 0.674. The normalized spacial score (nSPS) is 20.8. The number of esters is 1. The van der Waals surface area contributed by atoms with E-state index in [1.807, 2.05) is 13.8 Å². The molecule has 162 valence electrons.